The van der Waals surface area contributed by atoms with Gasteiger partial charge < -0.3 is 0 Å². The summed E-state index contributed by atoms with van der Waals surface area (Å²) >= 11 is 4.77. The van der Waals surface area contributed by atoms with E-state index in [2.05, 4.69) is 5.32 Å². The quantitative estimate of drug-likeness (QED) is 0.490. The van der Waals surface area contributed by atoms with Crippen molar-refractivity contribution in [2.75, 3.05) is 7.05 Å². The lowest BCUT2D eigenvalue weighted by Crippen LogP contribution is -2.52. The summed E-state index contributed by atoms with van der Waals surface area (Å²) in [5.41, 5.74) is -1.03. The van der Waals surface area contributed by atoms with E-state index in [1.54, 1.807) is 0 Å². The Hall–Kier alpha value is -2.22. The Morgan fingerprint density at radius 2 is 1.95 bits per heavy atom. The minimum Gasteiger partial charge on any atom is -0.298 e. The number of benzene rings is 1. The number of hydrogen-bond acceptors (Lipinski definition) is 3. The fourth-order valence-corrected chi connectivity index (χ4v) is 1.89. The van der Waals surface area contributed by atoms with Crippen molar-refractivity contribution in [3.63, 3.8) is 0 Å². The molecule has 110 valence electrons. The molecule has 1 heterocycles. The van der Waals surface area contributed by atoms with Crippen LogP contribution in [-0.2, 0) is 15.8 Å². The predicted octanol–water partition coefficient (Wildman–Crippen LogP) is 1.96. The molecule has 8 heteroatoms. The van der Waals surface area contributed by atoms with Gasteiger partial charge >= 0.3 is 6.18 Å². The van der Waals surface area contributed by atoms with Crippen LogP contribution in [0.25, 0.3) is 6.08 Å². The number of rotatable bonds is 1. The van der Waals surface area contributed by atoms with Gasteiger partial charge in [-0.2, -0.15) is 13.2 Å². The Labute approximate surface area is 123 Å². The van der Waals surface area contributed by atoms with E-state index in [1.807, 2.05) is 0 Å². The molecule has 1 aromatic rings. The largest absolute Gasteiger partial charge is 0.416 e. The molecule has 1 saturated heterocycles. The molecule has 2 rings (SSSR count). The van der Waals surface area contributed by atoms with E-state index in [0.29, 0.717) is 0 Å². The Bertz CT molecular complexity index is 668. The number of alkyl halides is 3. The third-order valence-corrected chi connectivity index (χ3v) is 3.21. The zero-order valence-corrected chi connectivity index (χ0v) is 11.5. The monoisotopic (exact) mass is 314 g/mol. The minimum atomic E-state index is -4.49. The molecule has 0 atom stereocenters. The molecule has 0 radical (unpaired) electrons. The number of nitrogens with zero attached hydrogens (tertiary/aromatic N) is 1. The van der Waals surface area contributed by atoms with Crippen LogP contribution in [0.2, 0.25) is 0 Å². The molecule has 21 heavy (non-hydrogen) atoms. The van der Waals surface area contributed by atoms with E-state index >= 15 is 0 Å². The van der Waals surface area contributed by atoms with Crippen molar-refractivity contribution in [2.24, 2.45) is 0 Å². The second-order valence-electron chi connectivity index (χ2n) is 4.30. The summed E-state index contributed by atoms with van der Waals surface area (Å²) < 4.78 is 37.9. The van der Waals surface area contributed by atoms with Gasteiger partial charge in [-0.15, -0.1) is 0 Å². The third kappa shape index (κ3) is 3.10. The first-order valence-electron chi connectivity index (χ1n) is 5.72. The van der Waals surface area contributed by atoms with Crippen LogP contribution in [0.3, 0.4) is 0 Å². The lowest BCUT2D eigenvalue weighted by molar-refractivity contribution is -0.137. The molecule has 4 nitrogen and oxygen atoms in total. The van der Waals surface area contributed by atoms with Gasteiger partial charge in [-0.1, -0.05) is 12.1 Å². The van der Waals surface area contributed by atoms with Gasteiger partial charge in [-0.3, -0.25) is 19.8 Å². The molecule has 0 aliphatic carbocycles. The number of amides is 2. The molecule has 1 aromatic carbocycles. The molecule has 1 aliphatic heterocycles. The van der Waals surface area contributed by atoms with Gasteiger partial charge in [0, 0.05) is 7.05 Å². The van der Waals surface area contributed by atoms with Gasteiger partial charge in [0.25, 0.3) is 11.8 Å². The van der Waals surface area contributed by atoms with Crippen LogP contribution in [0.4, 0.5) is 13.2 Å². The molecular weight excluding hydrogens is 305 g/mol. The van der Waals surface area contributed by atoms with Crippen molar-refractivity contribution in [1.29, 1.82) is 0 Å². The third-order valence-electron chi connectivity index (χ3n) is 2.83. The average molecular weight is 314 g/mol. The molecule has 0 unspecified atom stereocenters. The molecule has 0 spiro atoms. The fourth-order valence-electron chi connectivity index (χ4n) is 1.72. The normalized spacial score (nSPS) is 18.2. The Morgan fingerprint density at radius 1 is 1.29 bits per heavy atom. The summed E-state index contributed by atoms with van der Waals surface area (Å²) in [5.74, 6) is -1.40. The van der Waals surface area contributed by atoms with Crippen LogP contribution in [0, 0.1) is 0 Å². The Morgan fingerprint density at radius 3 is 2.57 bits per heavy atom. The van der Waals surface area contributed by atoms with Gasteiger partial charge in [0.05, 0.1) is 5.56 Å². The first-order valence-corrected chi connectivity index (χ1v) is 6.13. The zero-order chi connectivity index (χ0) is 15.8. The highest BCUT2D eigenvalue weighted by Gasteiger charge is 2.32. The van der Waals surface area contributed by atoms with Crippen molar-refractivity contribution in [3.05, 3.63) is 41.0 Å². The fraction of sp³-hybridized carbons (Fsp3) is 0.154. The summed E-state index contributed by atoms with van der Waals surface area (Å²) in [6.45, 7) is 0. The van der Waals surface area contributed by atoms with Crippen LogP contribution in [0.5, 0.6) is 0 Å². The van der Waals surface area contributed by atoms with Gasteiger partial charge in [-0.25, -0.2) is 0 Å². The number of thiocarbonyl (C=S) groups is 1. The zero-order valence-electron chi connectivity index (χ0n) is 10.7. The second-order valence-corrected chi connectivity index (χ2v) is 4.69. The Balaban J connectivity index is 2.41. The van der Waals surface area contributed by atoms with Gasteiger partial charge in [-0.05, 0) is 36.0 Å². The van der Waals surface area contributed by atoms with E-state index in [1.165, 1.54) is 19.2 Å². The van der Waals surface area contributed by atoms with E-state index in [9.17, 15) is 22.8 Å². The maximum atomic E-state index is 12.6. The van der Waals surface area contributed by atoms with Gasteiger partial charge in [0.1, 0.15) is 5.57 Å². The summed E-state index contributed by atoms with van der Waals surface area (Å²) in [7, 11) is 1.37. The first-order chi connectivity index (χ1) is 9.70. The summed E-state index contributed by atoms with van der Waals surface area (Å²) in [6, 6.07) is 4.34. The first kappa shape index (κ1) is 15.2. The number of nitrogens with one attached hydrogen (secondary N) is 1. The SMILES string of the molecule is CN1C(=O)/C(=C/c2cccc(C(F)(F)F)c2)C(=O)NC1=S. The number of hydrogen-bond donors (Lipinski definition) is 1. The van der Waals surface area contributed by atoms with Crippen molar-refractivity contribution >= 4 is 35.2 Å². The van der Waals surface area contributed by atoms with Crippen molar-refractivity contribution in [1.82, 2.24) is 10.2 Å². The molecule has 1 aliphatic rings. The lowest BCUT2D eigenvalue weighted by Gasteiger charge is -2.25. The minimum absolute atomic E-state index is 0.0498. The van der Waals surface area contributed by atoms with Crippen molar-refractivity contribution < 1.29 is 22.8 Å². The molecule has 0 saturated carbocycles. The van der Waals surface area contributed by atoms with Crippen LogP contribution in [0.1, 0.15) is 11.1 Å². The van der Waals surface area contributed by atoms with Crippen molar-refractivity contribution in [3.8, 4) is 0 Å². The average Bonchev–Trinajstić information content (AvgIpc) is 2.41. The summed E-state index contributed by atoms with van der Waals surface area (Å²) in [6.07, 6.45) is -3.39. The van der Waals surface area contributed by atoms with Gasteiger partial charge in [0.15, 0.2) is 5.11 Å². The van der Waals surface area contributed by atoms with Crippen LogP contribution >= 0.6 is 12.2 Å². The topological polar surface area (TPSA) is 49.4 Å². The standard InChI is InChI=1S/C13H9F3N2O2S/c1-18-11(20)9(10(19)17-12(18)21)6-7-3-2-4-8(5-7)13(14,15)16/h2-6H,1H3,(H,17,19,21)/b9-6+. The highest BCUT2D eigenvalue weighted by Crippen LogP contribution is 2.30. The van der Waals surface area contributed by atoms with E-state index in [-0.39, 0.29) is 16.2 Å². The van der Waals surface area contributed by atoms with Gasteiger partial charge in [0.2, 0.25) is 0 Å². The maximum Gasteiger partial charge on any atom is 0.416 e. The Kier molecular flexibility index (Phi) is 3.82. The molecule has 0 aromatic heterocycles. The number of carbonyl (C=O) groups is 2. The summed E-state index contributed by atoms with van der Waals surface area (Å²) in [5, 5.41) is 2.23. The van der Waals surface area contributed by atoms with E-state index in [4.69, 9.17) is 12.2 Å². The summed E-state index contributed by atoms with van der Waals surface area (Å²) in [4.78, 5) is 24.7. The van der Waals surface area contributed by atoms with Crippen molar-refractivity contribution in [2.45, 2.75) is 6.18 Å². The number of likely N-dealkylation sites (N-methyl/N-ethyl adjacent to an activating group) is 1. The lowest BCUT2D eigenvalue weighted by atomic mass is 10.1. The molecular formula is C13H9F3N2O2S. The molecule has 1 fully saturated rings. The molecule has 2 amide bonds. The van der Waals surface area contributed by atoms with Crippen LogP contribution < -0.4 is 5.32 Å². The maximum absolute atomic E-state index is 12.6. The van der Waals surface area contributed by atoms with E-state index in [0.717, 1.165) is 23.1 Å². The predicted molar refractivity (Wildman–Crippen MR) is 72.9 cm³/mol. The number of halogens is 3. The van der Waals surface area contributed by atoms with E-state index < -0.39 is 23.6 Å². The van der Waals surface area contributed by atoms with Crippen LogP contribution in [-0.4, -0.2) is 28.9 Å². The highest BCUT2D eigenvalue weighted by atomic mass is 32.1. The second kappa shape index (κ2) is 5.28. The smallest absolute Gasteiger partial charge is 0.298 e. The molecule has 0 bridgehead atoms. The van der Waals surface area contributed by atoms with Crippen LogP contribution in [0.15, 0.2) is 29.8 Å². The number of carbonyl (C=O) groups excluding carboxylic acids is 2. The molecule has 1 N–H and O–H groups in total. The highest BCUT2D eigenvalue weighted by molar-refractivity contribution is 7.80.